The summed E-state index contributed by atoms with van der Waals surface area (Å²) in [7, 11) is -3.18. The highest BCUT2D eigenvalue weighted by atomic mass is 79.9. The Morgan fingerprint density at radius 1 is 1.18 bits per heavy atom. The van der Waals surface area contributed by atoms with Gasteiger partial charge in [0.1, 0.15) is 0 Å². The molecule has 4 aliphatic carbocycles. The fourth-order valence-corrected chi connectivity index (χ4v) is 7.37. The van der Waals surface area contributed by atoms with E-state index in [1.54, 1.807) is 0 Å². The normalized spacial score (nSPS) is 39.9. The van der Waals surface area contributed by atoms with Crippen molar-refractivity contribution in [1.82, 2.24) is 10.0 Å². The second-order valence-corrected chi connectivity index (χ2v) is 11.3. The van der Waals surface area contributed by atoms with Crippen LogP contribution in [0, 0.1) is 17.3 Å². The number of halogens is 1. The van der Waals surface area contributed by atoms with E-state index < -0.39 is 10.0 Å². The highest BCUT2D eigenvalue weighted by Crippen LogP contribution is 2.65. The van der Waals surface area contributed by atoms with Crippen molar-refractivity contribution in [3.05, 3.63) is 0 Å². The molecule has 0 aromatic rings. The highest BCUT2D eigenvalue weighted by molar-refractivity contribution is 9.10. The summed E-state index contributed by atoms with van der Waals surface area (Å²) in [6.45, 7) is 0.611. The molecule has 0 aliphatic heterocycles. The van der Waals surface area contributed by atoms with Crippen molar-refractivity contribution in [3.8, 4) is 0 Å². The Morgan fingerprint density at radius 3 is 2.36 bits per heavy atom. The van der Waals surface area contributed by atoms with Gasteiger partial charge in [0.2, 0.25) is 15.9 Å². The lowest BCUT2D eigenvalue weighted by atomic mass is 9.48. The van der Waals surface area contributed by atoms with E-state index in [9.17, 15) is 13.2 Å². The van der Waals surface area contributed by atoms with E-state index in [1.807, 2.05) is 0 Å². The second kappa shape index (κ2) is 5.74. The standard InChI is InChI=1S/C15H25BrN2O3S/c1-22(20,21)18-3-2-17-13(19)9-14-5-11-4-12(6-14)8-15(16,7-11)10-14/h11-12,18H,2-10H2,1H3,(H,17,19)/t11-,12-,14?,15?/m1/s1. The van der Waals surface area contributed by atoms with Gasteiger partial charge >= 0.3 is 0 Å². The predicted molar refractivity (Wildman–Crippen MR) is 89.2 cm³/mol. The smallest absolute Gasteiger partial charge is 0.220 e. The first-order chi connectivity index (χ1) is 10.2. The van der Waals surface area contributed by atoms with Crippen LogP contribution in [0.25, 0.3) is 0 Å². The van der Waals surface area contributed by atoms with E-state index >= 15 is 0 Å². The molecular formula is C15H25BrN2O3S. The van der Waals surface area contributed by atoms with Crippen LogP contribution >= 0.6 is 15.9 Å². The summed E-state index contributed by atoms with van der Waals surface area (Å²) in [5.41, 5.74) is 0.169. The summed E-state index contributed by atoms with van der Waals surface area (Å²) >= 11 is 3.96. The molecule has 0 aromatic carbocycles. The molecule has 1 amide bonds. The number of hydrogen-bond acceptors (Lipinski definition) is 3. The van der Waals surface area contributed by atoms with Gasteiger partial charge in [-0.1, -0.05) is 15.9 Å². The van der Waals surface area contributed by atoms with Crippen LogP contribution in [0.4, 0.5) is 0 Å². The van der Waals surface area contributed by atoms with Crippen molar-refractivity contribution in [1.29, 1.82) is 0 Å². The zero-order valence-electron chi connectivity index (χ0n) is 13.0. The van der Waals surface area contributed by atoms with E-state index in [1.165, 1.54) is 32.1 Å². The Kier molecular flexibility index (Phi) is 4.36. The molecule has 0 unspecified atom stereocenters. The van der Waals surface area contributed by atoms with Crippen molar-refractivity contribution in [2.75, 3.05) is 19.3 Å². The molecule has 2 atom stereocenters. The van der Waals surface area contributed by atoms with Crippen LogP contribution in [0.2, 0.25) is 0 Å². The maximum absolute atomic E-state index is 12.3. The van der Waals surface area contributed by atoms with Crippen molar-refractivity contribution in [2.24, 2.45) is 17.3 Å². The summed E-state index contributed by atoms with van der Waals surface area (Å²) in [6, 6.07) is 0. The number of carbonyl (C=O) groups excluding carboxylic acids is 1. The van der Waals surface area contributed by atoms with Gasteiger partial charge in [-0.3, -0.25) is 4.79 Å². The Hall–Kier alpha value is -0.140. The van der Waals surface area contributed by atoms with Crippen LogP contribution < -0.4 is 10.0 Å². The van der Waals surface area contributed by atoms with Crippen molar-refractivity contribution < 1.29 is 13.2 Å². The SMILES string of the molecule is CS(=O)(=O)NCCNC(=O)CC12C[C@H]3C[C@@H](CC(Br)(C3)C1)C2. The van der Waals surface area contributed by atoms with Crippen LogP contribution in [0.1, 0.15) is 44.9 Å². The second-order valence-electron chi connectivity index (χ2n) is 7.81. The number of nitrogens with one attached hydrogen (secondary N) is 2. The molecule has 4 saturated carbocycles. The van der Waals surface area contributed by atoms with Gasteiger partial charge in [0.05, 0.1) is 6.26 Å². The first kappa shape index (κ1) is 16.7. The average Bonchev–Trinajstić information content (AvgIpc) is 2.29. The third kappa shape index (κ3) is 3.85. The minimum absolute atomic E-state index is 0.0633. The first-order valence-corrected chi connectivity index (χ1v) is 10.8. The van der Waals surface area contributed by atoms with Gasteiger partial charge in [-0.25, -0.2) is 13.1 Å². The van der Waals surface area contributed by atoms with Gasteiger partial charge in [-0.2, -0.15) is 0 Å². The zero-order valence-corrected chi connectivity index (χ0v) is 15.4. The van der Waals surface area contributed by atoms with Gasteiger partial charge in [0.25, 0.3) is 0 Å². The third-order valence-electron chi connectivity index (χ3n) is 5.46. The lowest BCUT2D eigenvalue weighted by Gasteiger charge is -2.60. The van der Waals surface area contributed by atoms with E-state index in [0.717, 1.165) is 24.5 Å². The van der Waals surface area contributed by atoms with Crippen LogP contribution in [0.5, 0.6) is 0 Å². The minimum atomic E-state index is -3.18. The van der Waals surface area contributed by atoms with Gasteiger partial charge in [-0.05, 0) is 55.8 Å². The number of carbonyl (C=O) groups is 1. The largest absolute Gasteiger partial charge is 0.355 e. The van der Waals surface area contributed by atoms with Crippen molar-refractivity contribution >= 4 is 31.9 Å². The lowest BCUT2D eigenvalue weighted by Crippen LogP contribution is -2.54. The summed E-state index contributed by atoms with van der Waals surface area (Å²) in [5.74, 6) is 1.62. The topological polar surface area (TPSA) is 75.3 Å². The van der Waals surface area contributed by atoms with Crippen LogP contribution in [-0.4, -0.2) is 38.0 Å². The molecular weight excluding hydrogens is 368 g/mol. The molecule has 0 radical (unpaired) electrons. The van der Waals surface area contributed by atoms with Gasteiger partial charge < -0.3 is 5.32 Å². The van der Waals surface area contributed by atoms with Gasteiger partial charge in [-0.15, -0.1) is 0 Å². The summed E-state index contributed by atoms with van der Waals surface area (Å²) in [5, 5.41) is 2.86. The molecule has 22 heavy (non-hydrogen) atoms. The Labute approximate surface area is 141 Å². The molecule has 0 aromatic heterocycles. The van der Waals surface area contributed by atoms with Gasteiger partial charge in [0.15, 0.2) is 0 Å². The number of rotatable bonds is 6. The molecule has 0 saturated heterocycles. The molecule has 0 spiro atoms. The molecule has 5 nitrogen and oxygen atoms in total. The molecule has 0 heterocycles. The fourth-order valence-electron chi connectivity index (χ4n) is 5.38. The third-order valence-corrected chi connectivity index (χ3v) is 7.11. The zero-order chi connectivity index (χ0) is 16.0. The summed E-state index contributed by atoms with van der Waals surface area (Å²) in [6.07, 6.45) is 9.08. The molecule has 4 rings (SSSR count). The molecule has 126 valence electrons. The van der Waals surface area contributed by atoms with E-state index in [4.69, 9.17) is 0 Å². The van der Waals surface area contributed by atoms with Gasteiger partial charge in [0, 0.05) is 23.8 Å². The molecule has 4 fully saturated rings. The highest BCUT2D eigenvalue weighted by Gasteiger charge is 2.57. The maximum atomic E-state index is 12.3. The number of hydrogen-bond donors (Lipinski definition) is 2. The molecule has 7 heteroatoms. The number of alkyl halides is 1. The Balaban J connectivity index is 1.51. The monoisotopic (exact) mass is 392 g/mol. The minimum Gasteiger partial charge on any atom is -0.355 e. The van der Waals surface area contributed by atoms with E-state index in [-0.39, 0.29) is 22.2 Å². The van der Waals surface area contributed by atoms with E-state index in [0.29, 0.717) is 13.0 Å². The quantitative estimate of drug-likeness (QED) is 0.534. The lowest BCUT2D eigenvalue weighted by molar-refractivity contribution is -0.128. The fraction of sp³-hybridized carbons (Fsp3) is 0.933. The molecule has 4 bridgehead atoms. The number of sulfonamides is 1. The Morgan fingerprint density at radius 2 is 1.82 bits per heavy atom. The predicted octanol–water partition coefficient (Wildman–Crippen LogP) is 1.78. The van der Waals surface area contributed by atoms with Crippen LogP contribution in [-0.2, 0) is 14.8 Å². The average molecular weight is 393 g/mol. The summed E-state index contributed by atoms with van der Waals surface area (Å²) < 4.78 is 24.6. The Bertz CT molecular complexity index is 549. The van der Waals surface area contributed by atoms with E-state index in [2.05, 4.69) is 26.0 Å². The van der Waals surface area contributed by atoms with Crippen molar-refractivity contribution in [3.63, 3.8) is 0 Å². The van der Waals surface area contributed by atoms with Crippen LogP contribution in [0.15, 0.2) is 0 Å². The van der Waals surface area contributed by atoms with Crippen LogP contribution in [0.3, 0.4) is 0 Å². The maximum Gasteiger partial charge on any atom is 0.220 e. The van der Waals surface area contributed by atoms with Crippen molar-refractivity contribution in [2.45, 2.75) is 49.3 Å². The first-order valence-electron chi connectivity index (χ1n) is 8.07. The molecule has 4 aliphatic rings. The summed E-state index contributed by atoms with van der Waals surface area (Å²) in [4.78, 5) is 12.3. The number of amides is 1. The molecule has 2 N–H and O–H groups in total.